The van der Waals surface area contributed by atoms with Crippen molar-refractivity contribution in [3.63, 3.8) is 0 Å². The quantitative estimate of drug-likeness (QED) is 0.790. The summed E-state index contributed by atoms with van der Waals surface area (Å²) in [4.78, 5) is 14.7. The molecule has 0 bridgehead atoms. The second-order valence-electron chi connectivity index (χ2n) is 5.90. The fraction of sp³-hybridized carbons (Fsp3) is 0.0952. The number of anilines is 1. The number of benzene rings is 3. The van der Waals surface area contributed by atoms with Crippen LogP contribution in [0.4, 0.5) is 5.69 Å². The Morgan fingerprint density at radius 3 is 2.08 bits per heavy atom. The Labute approximate surface area is 140 Å². The molecule has 0 saturated carbocycles. The first-order valence-electron chi connectivity index (χ1n) is 7.98. The highest BCUT2D eigenvalue weighted by molar-refractivity contribution is 6.11. The fourth-order valence-electron chi connectivity index (χ4n) is 3.36. The Bertz CT molecular complexity index is 861. The van der Waals surface area contributed by atoms with Gasteiger partial charge < -0.3 is 5.11 Å². The molecule has 0 aliphatic carbocycles. The minimum atomic E-state index is -0.793. The van der Waals surface area contributed by atoms with Crippen molar-refractivity contribution < 1.29 is 9.90 Å². The highest BCUT2D eigenvalue weighted by Crippen LogP contribution is 2.44. The van der Waals surface area contributed by atoms with E-state index in [1.807, 2.05) is 84.9 Å². The largest absolute Gasteiger partial charge is 0.386 e. The summed E-state index contributed by atoms with van der Waals surface area (Å²) < 4.78 is 0. The van der Waals surface area contributed by atoms with Crippen LogP contribution >= 0.6 is 0 Å². The monoisotopic (exact) mass is 315 g/mol. The van der Waals surface area contributed by atoms with Gasteiger partial charge in [0.25, 0.3) is 5.91 Å². The summed E-state index contributed by atoms with van der Waals surface area (Å²) in [5.41, 5.74) is 3.11. The van der Waals surface area contributed by atoms with Crippen molar-refractivity contribution in [2.45, 2.75) is 12.1 Å². The lowest BCUT2D eigenvalue weighted by Crippen LogP contribution is -2.31. The molecule has 0 aromatic heterocycles. The first-order chi connectivity index (χ1) is 11.8. The molecule has 3 aromatic rings. The molecule has 1 aliphatic heterocycles. The number of rotatable bonds is 3. The third-order valence-corrected chi connectivity index (χ3v) is 4.48. The topological polar surface area (TPSA) is 40.5 Å². The summed E-state index contributed by atoms with van der Waals surface area (Å²) in [5.74, 6) is -0.0724. The van der Waals surface area contributed by atoms with Crippen molar-refractivity contribution in [3.8, 4) is 0 Å². The summed E-state index contributed by atoms with van der Waals surface area (Å²) in [5, 5.41) is 11.0. The van der Waals surface area contributed by atoms with E-state index < -0.39 is 12.1 Å². The lowest BCUT2D eigenvalue weighted by atomic mass is 9.95. The molecule has 3 heteroatoms. The molecule has 0 radical (unpaired) electrons. The van der Waals surface area contributed by atoms with Crippen molar-refractivity contribution in [1.82, 2.24) is 0 Å². The summed E-state index contributed by atoms with van der Waals surface area (Å²) in [6, 6.07) is 26.1. The van der Waals surface area contributed by atoms with Gasteiger partial charge in [-0.2, -0.15) is 0 Å². The fourth-order valence-corrected chi connectivity index (χ4v) is 3.36. The summed E-state index contributed by atoms with van der Waals surface area (Å²) in [6.45, 7) is 0. The van der Waals surface area contributed by atoms with Crippen molar-refractivity contribution in [2.24, 2.45) is 0 Å². The van der Waals surface area contributed by atoms with E-state index in [9.17, 15) is 9.90 Å². The first kappa shape index (κ1) is 14.7. The van der Waals surface area contributed by atoms with Gasteiger partial charge >= 0.3 is 0 Å². The molecular formula is C21H17NO2. The van der Waals surface area contributed by atoms with E-state index in [1.165, 1.54) is 0 Å². The van der Waals surface area contributed by atoms with Crippen LogP contribution in [0.3, 0.4) is 0 Å². The van der Waals surface area contributed by atoms with Crippen molar-refractivity contribution in [3.05, 3.63) is 102 Å². The average Bonchev–Trinajstić information content (AvgIpc) is 2.95. The smallest absolute Gasteiger partial charge is 0.259 e. The predicted octanol–water partition coefficient (Wildman–Crippen LogP) is 4.12. The number of para-hydroxylation sites is 1. The third kappa shape index (κ3) is 2.30. The van der Waals surface area contributed by atoms with Gasteiger partial charge in [0.1, 0.15) is 6.10 Å². The first-order valence-corrected chi connectivity index (χ1v) is 7.98. The van der Waals surface area contributed by atoms with Gasteiger partial charge in [-0.15, -0.1) is 0 Å². The maximum Gasteiger partial charge on any atom is 0.259 e. The number of carbonyl (C=O) groups is 1. The second-order valence-corrected chi connectivity index (χ2v) is 5.90. The van der Waals surface area contributed by atoms with E-state index in [2.05, 4.69) is 0 Å². The number of aliphatic hydroxyl groups is 1. The normalized spacial score (nSPS) is 17.6. The Kier molecular flexibility index (Phi) is 3.63. The van der Waals surface area contributed by atoms with Crippen molar-refractivity contribution in [1.29, 1.82) is 0 Å². The number of amides is 1. The van der Waals surface area contributed by atoms with Crippen LogP contribution in [0.2, 0.25) is 0 Å². The minimum Gasteiger partial charge on any atom is -0.386 e. The maximum atomic E-state index is 13.0. The zero-order valence-corrected chi connectivity index (χ0v) is 13.0. The van der Waals surface area contributed by atoms with Crippen molar-refractivity contribution in [2.75, 3.05) is 4.90 Å². The number of carbonyl (C=O) groups excluding carboxylic acids is 1. The summed E-state index contributed by atoms with van der Waals surface area (Å²) in [7, 11) is 0. The molecule has 4 rings (SSSR count). The van der Waals surface area contributed by atoms with E-state index in [-0.39, 0.29) is 5.91 Å². The van der Waals surface area contributed by atoms with Gasteiger partial charge in [-0.3, -0.25) is 9.69 Å². The molecule has 1 aliphatic rings. The van der Waals surface area contributed by atoms with Gasteiger partial charge in [-0.25, -0.2) is 0 Å². The molecule has 3 nitrogen and oxygen atoms in total. The van der Waals surface area contributed by atoms with Gasteiger partial charge in [0, 0.05) is 11.3 Å². The Morgan fingerprint density at radius 2 is 1.38 bits per heavy atom. The zero-order chi connectivity index (χ0) is 16.5. The minimum absolute atomic E-state index is 0.0724. The van der Waals surface area contributed by atoms with Crippen LogP contribution in [-0.2, 0) is 0 Å². The SMILES string of the molecule is O=C1c2ccccc2C(C(O)c2ccccc2)N1c1ccccc1. The molecule has 118 valence electrons. The number of aliphatic hydroxyl groups excluding tert-OH is 1. The van der Waals surface area contributed by atoms with E-state index in [0.29, 0.717) is 5.56 Å². The van der Waals surface area contributed by atoms with Crippen LogP contribution in [0, 0.1) is 0 Å². The van der Waals surface area contributed by atoms with E-state index >= 15 is 0 Å². The molecule has 1 amide bonds. The molecule has 2 unspecified atom stereocenters. The van der Waals surface area contributed by atoms with Crippen LogP contribution in [-0.4, -0.2) is 11.0 Å². The van der Waals surface area contributed by atoms with E-state index in [4.69, 9.17) is 0 Å². The zero-order valence-electron chi connectivity index (χ0n) is 13.0. The molecular weight excluding hydrogens is 298 g/mol. The average molecular weight is 315 g/mol. The highest BCUT2D eigenvalue weighted by Gasteiger charge is 2.41. The molecule has 24 heavy (non-hydrogen) atoms. The highest BCUT2D eigenvalue weighted by atomic mass is 16.3. The Balaban J connectivity index is 1.85. The van der Waals surface area contributed by atoms with E-state index in [0.717, 1.165) is 16.8 Å². The summed E-state index contributed by atoms with van der Waals surface area (Å²) in [6.07, 6.45) is -0.793. The number of nitrogens with zero attached hydrogens (tertiary/aromatic N) is 1. The van der Waals surface area contributed by atoms with Gasteiger partial charge in [0.2, 0.25) is 0 Å². The molecule has 0 spiro atoms. The predicted molar refractivity (Wildman–Crippen MR) is 93.8 cm³/mol. The maximum absolute atomic E-state index is 13.0. The number of hydrogen-bond acceptors (Lipinski definition) is 2. The Morgan fingerprint density at radius 1 is 0.792 bits per heavy atom. The van der Waals surface area contributed by atoms with Crippen molar-refractivity contribution >= 4 is 11.6 Å². The molecule has 0 saturated heterocycles. The lowest BCUT2D eigenvalue weighted by molar-refractivity contribution is 0.0946. The Hall–Kier alpha value is -2.91. The van der Waals surface area contributed by atoms with Crippen LogP contribution in [0.25, 0.3) is 0 Å². The molecule has 0 fully saturated rings. The van der Waals surface area contributed by atoms with Gasteiger partial charge in [0.15, 0.2) is 0 Å². The third-order valence-electron chi connectivity index (χ3n) is 4.48. The van der Waals surface area contributed by atoms with Gasteiger partial charge in [-0.1, -0.05) is 66.7 Å². The molecule has 1 N–H and O–H groups in total. The standard InChI is InChI=1S/C21H17NO2/c23-20(15-9-3-1-4-10-15)19-17-13-7-8-14-18(17)21(24)22(19)16-11-5-2-6-12-16/h1-14,19-20,23H. The second kappa shape index (κ2) is 5.95. The molecule has 1 heterocycles. The number of hydrogen-bond donors (Lipinski definition) is 1. The molecule has 2 atom stereocenters. The summed E-state index contributed by atoms with van der Waals surface area (Å²) >= 11 is 0. The van der Waals surface area contributed by atoms with Crippen LogP contribution in [0.5, 0.6) is 0 Å². The number of fused-ring (bicyclic) bond motifs is 1. The van der Waals surface area contributed by atoms with Crippen LogP contribution in [0.15, 0.2) is 84.9 Å². The van der Waals surface area contributed by atoms with Gasteiger partial charge in [0.05, 0.1) is 6.04 Å². The van der Waals surface area contributed by atoms with Crippen LogP contribution in [0.1, 0.15) is 33.6 Å². The van der Waals surface area contributed by atoms with Crippen LogP contribution < -0.4 is 4.90 Å². The lowest BCUT2D eigenvalue weighted by Gasteiger charge is -2.29. The molecule has 3 aromatic carbocycles. The van der Waals surface area contributed by atoms with E-state index in [1.54, 1.807) is 4.90 Å². The van der Waals surface area contributed by atoms with Gasteiger partial charge in [-0.05, 0) is 29.3 Å².